The van der Waals surface area contributed by atoms with Crippen molar-refractivity contribution in [2.24, 2.45) is 0 Å². The summed E-state index contributed by atoms with van der Waals surface area (Å²) in [5.41, 5.74) is -1.50. The highest BCUT2D eigenvalue weighted by atomic mass is 19.4. The molecule has 0 aliphatic rings. The molecule has 3 aromatic carbocycles. The number of benzene rings is 3. The summed E-state index contributed by atoms with van der Waals surface area (Å²) in [6.07, 6.45) is -7.46. The number of hydrogen-bond donors (Lipinski definition) is 1. The average molecular weight is 369 g/mol. The van der Waals surface area contributed by atoms with Crippen molar-refractivity contribution in [1.82, 2.24) is 5.32 Å². The van der Waals surface area contributed by atoms with Crippen molar-refractivity contribution >= 4 is 10.8 Å². The summed E-state index contributed by atoms with van der Waals surface area (Å²) in [6.45, 7) is -3.74. The third kappa shape index (κ3) is 4.44. The fourth-order valence-corrected chi connectivity index (χ4v) is 2.39. The molecule has 0 unspecified atom stereocenters. The van der Waals surface area contributed by atoms with Crippen LogP contribution in [0.15, 0.2) is 66.6 Å². The van der Waals surface area contributed by atoms with Crippen molar-refractivity contribution in [3.05, 3.63) is 83.3 Å². The molecule has 4 heteroatoms. The molecule has 0 saturated carbocycles. The Labute approximate surface area is 168 Å². The number of fused-ring (bicyclic) bond motifs is 1. The highest BCUT2D eigenvalue weighted by Gasteiger charge is 2.30. The van der Waals surface area contributed by atoms with Gasteiger partial charge in [-0.15, -0.1) is 0 Å². The van der Waals surface area contributed by atoms with Gasteiger partial charge in [0.05, 0.1) is 15.2 Å². The van der Waals surface area contributed by atoms with Crippen LogP contribution >= 0.6 is 0 Å². The van der Waals surface area contributed by atoms with Crippen LogP contribution in [0, 0.1) is 0 Å². The number of aryl methyl sites for hydroxylation is 1. The molecule has 0 aliphatic carbocycles. The van der Waals surface area contributed by atoms with Crippen LogP contribution in [0.25, 0.3) is 10.8 Å². The number of hydrogen-bond acceptors (Lipinski definition) is 1. The molecule has 0 fully saturated rings. The van der Waals surface area contributed by atoms with E-state index in [-0.39, 0.29) is 5.56 Å². The summed E-state index contributed by atoms with van der Waals surface area (Å²) >= 11 is 0. The number of alkyl halides is 3. The standard InChI is InChI=1S/C22H22F3N/c1-16(20-13-5-10-18-9-2-3-12-21(18)20)26-14-6-8-17-7-4-11-19(15-17)22(23,24)25/h2-5,7,9-13,15-16,26H,6,8,14H2,1H3/t16-/m1/s1/i1D3,2D,3D,5D,6D2,9D,10D,12D,13D. The molecule has 0 saturated heterocycles. The van der Waals surface area contributed by atoms with Crippen LogP contribution in [0.3, 0.4) is 0 Å². The SMILES string of the molecule is [2H]c1c([2H])c([2H])c2c([C@H](NCC([2H])([2H])Cc3cccc(C(F)(F)F)c3)C([2H])([2H])[2H])c([2H])c([2H])c([2H])c2c1[2H]. The van der Waals surface area contributed by atoms with E-state index in [1.54, 1.807) is 0 Å². The zero-order chi connectivity index (χ0) is 29.0. The van der Waals surface area contributed by atoms with Crippen LogP contribution in [0.4, 0.5) is 13.2 Å². The lowest BCUT2D eigenvalue weighted by molar-refractivity contribution is -0.137. The molecule has 1 nitrogen and oxygen atoms in total. The van der Waals surface area contributed by atoms with Crippen molar-refractivity contribution in [2.45, 2.75) is 31.9 Å². The van der Waals surface area contributed by atoms with Gasteiger partial charge >= 0.3 is 6.18 Å². The second-order valence-corrected chi connectivity index (χ2v) is 5.48. The summed E-state index contributed by atoms with van der Waals surface area (Å²) in [6, 6.07) is -2.99. The van der Waals surface area contributed by atoms with E-state index in [0.29, 0.717) is 0 Å². The van der Waals surface area contributed by atoms with Gasteiger partial charge in [0, 0.05) is 12.9 Å². The van der Waals surface area contributed by atoms with Gasteiger partial charge in [-0.1, -0.05) is 60.5 Å². The van der Waals surface area contributed by atoms with Crippen molar-refractivity contribution in [3.8, 4) is 0 Å². The van der Waals surface area contributed by atoms with Gasteiger partial charge < -0.3 is 5.32 Å². The van der Waals surface area contributed by atoms with E-state index in [9.17, 15) is 13.2 Å². The molecule has 0 bridgehead atoms. The maximum absolute atomic E-state index is 13.0. The third-order valence-corrected chi connectivity index (χ3v) is 3.64. The van der Waals surface area contributed by atoms with Gasteiger partial charge in [0.2, 0.25) is 0 Å². The highest BCUT2D eigenvalue weighted by molar-refractivity contribution is 5.86. The molecule has 0 radical (unpaired) electrons. The molecule has 0 aliphatic heterocycles. The molecule has 3 aromatic rings. The topological polar surface area (TPSA) is 12.0 Å². The largest absolute Gasteiger partial charge is 0.416 e. The van der Waals surface area contributed by atoms with Crippen LogP contribution in [0.1, 0.15) is 52.4 Å². The van der Waals surface area contributed by atoms with E-state index in [2.05, 4.69) is 5.32 Å². The Morgan fingerprint density at radius 3 is 2.77 bits per heavy atom. The van der Waals surface area contributed by atoms with E-state index < -0.39 is 103 Å². The first-order valence-corrected chi connectivity index (χ1v) is 7.67. The molecule has 136 valence electrons. The summed E-state index contributed by atoms with van der Waals surface area (Å²) < 4.78 is 137. The van der Waals surface area contributed by atoms with Crippen LogP contribution < -0.4 is 5.32 Å². The third-order valence-electron chi connectivity index (χ3n) is 3.64. The molecular formula is C22H22F3N. The number of rotatable bonds is 6. The predicted molar refractivity (Wildman–Crippen MR) is 100 cm³/mol. The Hall–Kier alpha value is -2.33. The molecule has 26 heavy (non-hydrogen) atoms. The van der Waals surface area contributed by atoms with Gasteiger partial charge in [0.1, 0.15) is 0 Å². The summed E-state index contributed by atoms with van der Waals surface area (Å²) in [5.74, 6) is 0. The first-order valence-electron chi connectivity index (χ1n) is 13.7. The van der Waals surface area contributed by atoms with Crippen LogP contribution in [0.5, 0.6) is 0 Å². The lowest BCUT2D eigenvalue weighted by atomic mass is 9.99. The smallest absolute Gasteiger partial charge is 0.310 e. The molecule has 0 aromatic heterocycles. The van der Waals surface area contributed by atoms with Crippen molar-refractivity contribution in [2.75, 3.05) is 6.54 Å². The quantitative estimate of drug-likeness (QED) is 0.550. The van der Waals surface area contributed by atoms with E-state index in [0.717, 1.165) is 18.2 Å². The maximum Gasteiger partial charge on any atom is 0.416 e. The van der Waals surface area contributed by atoms with Crippen molar-refractivity contribution < 1.29 is 29.6 Å². The van der Waals surface area contributed by atoms with E-state index in [4.69, 9.17) is 16.4 Å². The monoisotopic (exact) mass is 369 g/mol. The van der Waals surface area contributed by atoms with Gasteiger partial charge in [-0.05, 0) is 54.2 Å². The second kappa shape index (κ2) is 7.92. The highest BCUT2D eigenvalue weighted by Crippen LogP contribution is 2.29. The van der Waals surface area contributed by atoms with Crippen LogP contribution in [0.2, 0.25) is 0 Å². The lowest BCUT2D eigenvalue weighted by Gasteiger charge is -2.17. The van der Waals surface area contributed by atoms with Crippen molar-refractivity contribution in [1.29, 1.82) is 0 Å². The minimum Gasteiger partial charge on any atom is -0.310 e. The zero-order valence-corrected chi connectivity index (χ0v) is 13.4. The van der Waals surface area contributed by atoms with E-state index in [1.165, 1.54) is 6.07 Å². The van der Waals surface area contributed by atoms with E-state index >= 15 is 0 Å². The average Bonchev–Trinajstić information content (AvgIpc) is 2.79. The van der Waals surface area contributed by atoms with Gasteiger partial charge in [0.15, 0.2) is 0 Å². The van der Waals surface area contributed by atoms with E-state index in [1.807, 2.05) is 0 Å². The fourth-order valence-electron chi connectivity index (χ4n) is 2.39. The summed E-state index contributed by atoms with van der Waals surface area (Å²) in [4.78, 5) is 0. The predicted octanol–water partition coefficient (Wildman–Crippen LogP) is 6.14. The summed E-state index contributed by atoms with van der Waals surface area (Å²) in [5, 5.41) is 1.57. The van der Waals surface area contributed by atoms with Gasteiger partial charge in [-0.2, -0.15) is 13.2 Å². The molecule has 0 spiro atoms. The van der Waals surface area contributed by atoms with Crippen LogP contribution in [-0.2, 0) is 12.6 Å². The van der Waals surface area contributed by atoms with Gasteiger partial charge in [0.25, 0.3) is 0 Å². The minimum atomic E-state index is -4.64. The van der Waals surface area contributed by atoms with Gasteiger partial charge in [-0.25, -0.2) is 0 Å². The summed E-state index contributed by atoms with van der Waals surface area (Å²) in [7, 11) is 0. The molecule has 0 heterocycles. The fraction of sp³-hybridized carbons (Fsp3) is 0.273. The Kier molecular flexibility index (Phi) is 2.61. The van der Waals surface area contributed by atoms with Crippen LogP contribution in [-0.4, -0.2) is 6.54 Å². The number of nitrogens with one attached hydrogen (secondary N) is 1. The molecule has 1 atom stereocenters. The first-order chi connectivity index (χ1) is 17.3. The van der Waals surface area contributed by atoms with Crippen molar-refractivity contribution in [3.63, 3.8) is 0 Å². The maximum atomic E-state index is 13.0. The Bertz CT molecular complexity index is 1380. The Balaban J connectivity index is 2.10. The van der Waals surface area contributed by atoms with Gasteiger partial charge in [-0.3, -0.25) is 0 Å². The zero-order valence-electron chi connectivity index (χ0n) is 25.4. The normalized spacial score (nSPS) is 20.7. The second-order valence-electron chi connectivity index (χ2n) is 5.48. The lowest BCUT2D eigenvalue weighted by Crippen LogP contribution is -2.20. The first kappa shape index (κ1) is 8.57. The molecule has 0 amide bonds. The molecule has 3 rings (SSSR count). The molecular weight excluding hydrogens is 335 g/mol. The minimum absolute atomic E-state index is 0.00445. The Morgan fingerprint density at radius 1 is 1.15 bits per heavy atom. The Morgan fingerprint density at radius 2 is 1.96 bits per heavy atom. The molecule has 1 N–H and O–H groups in total. The number of halogens is 3.